The molecule has 1 N–H and O–H groups in total. The van der Waals surface area contributed by atoms with Crippen LogP contribution in [0.1, 0.15) is 31.5 Å². The first-order valence-electron chi connectivity index (χ1n) is 8.05. The van der Waals surface area contributed by atoms with Crippen LogP contribution < -0.4 is 10.2 Å². The number of rotatable bonds is 6. The van der Waals surface area contributed by atoms with Gasteiger partial charge in [-0.05, 0) is 46.0 Å². The summed E-state index contributed by atoms with van der Waals surface area (Å²) >= 11 is 0. The summed E-state index contributed by atoms with van der Waals surface area (Å²) in [4.78, 5) is 9.34. The lowest BCUT2D eigenvalue weighted by Crippen LogP contribution is -2.32. The summed E-state index contributed by atoms with van der Waals surface area (Å²) < 4.78 is 0. The van der Waals surface area contributed by atoms with E-state index < -0.39 is 0 Å². The zero-order valence-corrected chi connectivity index (χ0v) is 14.2. The Hall–Kier alpha value is -1.13. The normalized spacial score (nSPS) is 19.0. The summed E-state index contributed by atoms with van der Waals surface area (Å²) in [6, 6.07) is 2.90. The summed E-state index contributed by atoms with van der Waals surface area (Å²) in [5.74, 6) is 0.678. The Kier molecular flexibility index (Phi) is 5.59. The molecule has 0 bridgehead atoms. The Morgan fingerprint density at radius 2 is 2.19 bits per heavy atom. The van der Waals surface area contributed by atoms with E-state index in [9.17, 15) is 0 Å². The van der Waals surface area contributed by atoms with Crippen molar-refractivity contribution < 1.29 is 0 Å². The van der Waals surface area contributed by atoms with E-state index in [1.165, 1.54) is 17.7 Å². The standard InChI is InChI=1S/C17H30N4/c1-13(2)9-18-10-15-11-19-14(3)8-17(15)21-7-6-16(12-21)20(4)5/h8,11,13,16,18H,6-7,9-10,12H2,1-5H3. The van der Waals surface area contributed by atoms with Crippen LogP contribution in [0.4, 0.5) is 5.69 Å². The van der Waals surface area contributed by atoms with Crippen LogP contribution in [0.2, 0.25) is 0 Å². The largest absolute Gasteiger partial charge is 0.370 e. The summed E-state index contributed by atoms with van der Waals surface area (Å²) in [5.41, 5.74) is 3.79. The van der Waals surface area contributed by atoms with Gasteiger partial charge in [0, 0.05) is 48.8 Å². The lowest BCUT2D eigenvalue weighted by molar-refractivity contribution is 0.315. The third-order valence-electron chi connectivity index (χ3n) is 4.20. The van der Waals surface area contributed by atoms with Crippen molar-refractivity contribution in [3.63, 3.8) is 0 Å². The van der Waals surface area contributed by atoms with E-state index in [1.807, 2.05) is 6.20 Å². The first kappa shape index (κ1) is 16.2. The average molecular weight is 290 g/mol. The molecule has 4 nitrogen and oxygen atoms in total. The van der Waals surface area contributed by atoms with Crippen LogP contribution in [-0.4, -0.2) is 49.7 Å². The van der Waals surface area contributed by atoms with E-state index in [0.717, 1.165) is 31.9 Å². The highest BCUT2D eigenvalue weighted by molar-refractivity contribution is 5.54. The second-order valence-electron chi connectivity index (χ2n) is 6.83. The van der Waals surface area contributed by atoms with Gasteiger partial charge >= 0.3 is 0 Å². The molecule has 1 aromatic heterocycles. The molecule has 21 heavy (non-hydrogen) atoms. The molecule has 118 valence electrons. The lowest BCUT2D eigenvalue weighted by Gasteiger charge is -2.24. The van der Waals surface area contributed by atoms with Crippen LogP contribution in [0, 0.1) is 12.8 Å². The van der Waals surface area contributed by atoms with Gasteiger partial charge in [-0.3, -0.25) is 4.98 Å². The molecule has 4 heteroatoms. The van der Waals surface area contributed by atoms with Crippen molar-refractivity contribution in [2.75, 3.05) is 38.6 Å². The number of hydrogen-bond acceptors (Lipinski definition) is 4. The van der Waals surface area contributed by atoms with Gasteiger partial charge in [-0.2, -0.15) is 0 Å². The minimum absolute atomic E-state index is 0.662. The molecule has 1 aliphatic heterocycles. The predicted molar refractivity (Wildman–Crippen MR) is 89.8 cm³/mol. The van der Waals surface area contributed by atoms with E-state index in [0.29, 0.717) is 12.0 Å². The van der Waals surface area contributed by atoms with Crippen molar-refractivity contribution in [3.05, 3.63) is 23.5 Å². The number of likely N-dealkylation sites (N-methyl/N-ethyl adjacent to an activating group) is 1. The number of nitrogens with zero attached hydrogens (tertiary/aromatic N) is 3. The minimum atomic E-state index is 0.662. The predicted octanol–water partition coefficient (Wildman–Crippen LogP) is 2.28. The summed E-state index contributed by atoms with van der Waals surface area (Å²) in [5, 5.41) is 3.54. The van der Waals surface area contributed by atoms with E-state index >= 15 is 0 Å². The van der Waals surface area contributed by atoms with Crippen molar-refractivity contribution in [3.8, 4) is 0 Å². The number of pyridine rings is 1. The Morgan fingerprint density at radius 1 is 1.43 bits per heavy atom. The molecule has 0 aromatic carbocycles. The van der Waals surface area contributed by atoms with Gasteiger partial charge in [0.25, 0.3) is 0 Å². The molecular formula is C17H30N4. The highest BCUT2D eigenvalue weighted by atomic mass is 15.2. The van der Waals surface area contributed by atoms with Gasteiger partial charge < -0.3 is 15.1 Å². The van der Waals surface area contributed by atoms with E-state index in [2.05, 4.69) is 61.0 Å². The van der Waals surface area contributed by atoms with Crippen LogP contribution in [0.5, 0.6) is 0 Å². The Bertz CT molecular complexity index is 456. The molecule has 0 aliphatic carbocycles. The Labute approximate surface area is 129 Å². The maximum absolute atomic E-state index is 4.49. The van der Waals surface area contributed by atoms with Gasteiger partial charge in [-0.1, -0.05) is 13.8 Å². The second-order valence-corrected chi connectivity index (χ2v) is 6.83. The molecule has 0 spiro atoms. The number of anilines is 1. The highest BCUT2D eigenvalue weighted by Gasteiger charge is 2.25. The lowest BCUT2D eigenvalue weighted by atomic mass is 10.1. The van der Waals surface area contributed by atoms with Gasteiger partial charge in [0.2, 0.25) is 0 Å². The van der Waals surface area contributed by atoms with Crippen LogP contribution in [-0.2, 0) is 6.54 Å². The fourth-order valence-electron chi connectivity index (χ4n) is 2.88. The summed E-state index contributed by atoms with van der Waals surface area (Å²) in [6.07, 6.45) is 3.29. The van der Waals surface area contributed by atoms with E-state index in [4.69, 9.17) is 0 Å². The Morgan fingerprint density at radius 3 is 2.81 bits per heavy atom. The number of hydrogen-bond donors (Lipinski definition) is 1. The zero-order valence-electron chi connectivity index (χ0n) is 14.2. The van der Waals surface area contributed by atoms with Gasteiger partial charge in [0.05, 0.1) is 0 Å². The average Bonchev–Trinajstić information content (AvgIpc) is 2.89. The van der Waals surface area contributed by atoms with Crippen LogP contribution in [0.3, 0.4) is 0 Å². The minimum Gasteiger partial charge on any atom is -0.370 e. The number of aromatic nitrogens is 1. The van der Waals surface area contributed by atoms with Crippen molar-refractivity contribution in [2.24, 2.45) is 5.92 Å². The zero-order chi connectivity index (χ0) is 15.4. The molecule has 1 aromatic rings. The van der Waals surface area contributed by atoms with Crippen molar-refractivity contribution >= 4 is 5.69 Å². The molecule has 0 saturated carbocycles. The maximum Gasteiger partial charge on any atom is 0.0446 e. The molecular weight excluding hydrogens is 260 g/mol. The fraction of sp³-hybridized carbons (Fsp3) is 0.706. The summed E-state index contributed by atoms with van der Waals surface area (Å²) in [7, 11) is 4.36. The number of nitrogens with one attached hydrogen (secondary N) is 1. The quantitative estimate of drug-likeness (QED) is 0.871. The summed E-state index contributed by atoms with van der Waals surface area (Å²) in [6.45, 7) is 10.8. The first-order chi connectivity index (χ1) is 9.97. The van der Waals surface area contributed by atoms with Crippen LogP contribution in [0.15, 0.2) is 12.3 Å². The first-order valence-corrected chi connectivity index (χ1v) is 8.05. The van der Waals surface area contributed by atoms with E-state index in [1.54, 1.807) is 0 Å². The van der Waals surface area contributed by atoms with Crippen molar-refractivity contribution in [1.82, 2.24) is 15.2 Å². The monoisotopic (exact) mass is 290 g/mol. The van der Waals surface area contributed by atoms with E-state index in [-0.39, 0.29) is 0 Å². The van der Waals surface area contributed by atoms with Gasteiger partial charge in [-0.25, -0.2) is 0 Å². The van der Waals surface area contributed by atoms with Crippen molar-refractivity contribution in [1.29, 1.82) is 0 Å². The third kappa shape index (κ3) is 4.42. The molecule has 1 unspecified atom stereocenters. The van der Waals surface area contributed by atoms with Crippen molar-refractivity contribution in [2.45, 2.75) is 39.8 Å². The Balaban J connectivity index is 2.08. The molecule has 0 radical (unpaired) electrons. The van der Waals surface area contributed by atoms with Gasteiger partial charge in [0.1, 0.15) is 0 Å². The molecule has 1 aliphatic rings. The third-order valence-corrected chi connectivity index (χ3v) is 4.20. The smallest absolute Gasteiger partial charge is 0.0446 e. The van der Waals surface area contributed by atoms with Crippen LogP contribution in [0.25, 0.3) is 0 Å². The molecule has 2 heterocycles. The molecule has 0 amide bonds. The van der Waals surface area contributed by atoms with Crippen LogP contribution >= 0.6 is 0 Å². The topological polar surface area (TPSA) is 31.4 Å². The molecule has 1 saturated heterocycles. The maximum atomic E-state index is 4.49. The molecule has 1 atom stereocenters. The molecule has 2 rings (SSSR count). The fourth-order valence-corrected chi connectivity index (χ4v) is 2.88. The van der Waals surface area contributed by atoms with Gasteiger partial charge in [0.15, 0.2) is 0 Å². The second kappa shape index (κ2) is 7.23. The SMILES string of the molecule is Cc1cc(N2CCC(N(C)C)C2)c(CNCC(C)C)cn1. The number of aryl methyl sites for hydroxylation is 1. The highest BCUT2D eigenvalue weighted by Crippen LogP contribution is 2.26. The molecule has 1 fully saturated rings. The van der Waals surface area contributed by atoms with Gasteiger partial charge in [-0.15, -0.1) is 0 Å².